The van der Waals surface area contributed by atoms with E-state index in [1.54, 1.807) is 0 Å². The van der Waals surface area contributed by atoms with Gasteiger partial charge in [0, 0.05) is 0 Å². The molecule has 0 radical (unpaired) electrons. The summed E-state index contributed by atoms with van der Waals surface area (Å²) in [6, 6.07) is 0. The summed E-state index contributed by atoms with van der Waals surface area (Å²) in [6.07, 6.45) is 0. The third kappa shape index (κ3) is 1.000. The molecule has 0 heterocycles. The minimum absolute atomic E-state index is 0. The van der Waals surface area contributed by atoms with Gasteiger partial charge in [-0.3, -0.25) is 0 Å². The summed E-state index contributed by atoms with van der Waals surface area (Å²) < 4.78 is 43.0. The summed E-state index contributed by atoms with van der Waals surface area (Å²) in [5.74, 6) is 0. The molecule has 0 fully saturated rings. The molecule has 17 heavy (non-hydrogen) atoms. The molecule has 6 nitrogen and oxygen atoms in total. The number of nitrogens with zero attached hydrogens (tertiary/aromatic N) is 6. The van der Waals surface area contributed by atoms with E-state index in [0.29, 0.717) is 0 Å². The molecule has 0 unspecified atom stereocenters. The first-order valence-electron chi connectivity index (χ1n) is 2.80. The summed E-state index contributed by atoms with van der Waals surface area (Å²) in [5, 5.41) is 49.3. The molecular formula is C6HF3FeN6Na. The first-order chi connectivity index (χ1) is 6.66. The summed E-state index contributed by atoms with van der Waals surface area (Å²) >= 11 is 0. The zero-order valence-corrected chi connectivity index (χ0v) is 8.27. The fourth-order valence-electron chi connectivity index (χ4n) is 0.265. The fourth-order valence-corrected chi connectivity index (χ4v) is 1.09. The van der Waals surface area contributed by atoms with Crippen LogP contribution in [0.3, 0.4) is 0 Å². The van der Waals surface area contributed by atoms with Crippen LogP contribution in [0.4, 0.5) is 10.7 Å². The quantitative estimate of drug-likeness (QED) is 0.601. The Kier molecular flexibility index (Phi) is 1.60. The topological polar surface area (TPSA) is 143 Å². The molecule has 0 rings (SSSR count). The Labute approximate surface area is 110 Å². The van der Waals surface area contributed by atoms with Crippen molar-refractivity contribution in [3.05, 3.63) is 0 Å². The first kappa shape index (κ1) is 17.6. The van der Waals surface area contributed by atoms with Gasteiger partial charge in [-0.05, 0) is 0 Å². The molecule has 85 valence electrons. The predicted octanol–water partition coefficient (Wildman–Crippen LogP) is 0.710. The van der Waals surface area contributed by atoms with Crippen molar-refractivity contribution in [3.8, 4) is 29.8 Å². The monoisotopic (exact) mass is 293 g/mol. The average molecular weight is 293 g/mol. The van der Waals surface area contributed by atoms with Gasteiger partial charge in [0.05, 0.1) is 0 Å². The van der Waals surface area contributed by atoms with Crippen LogP contribution in [0.5, 0.6) is 0 Å². The standard InChI is InChI=1S/6CN.3FH.Fe.Na.H/c6*1-2;;;;;;/h;;;;;;3*1H;;;/q;;;;;;;;;+3;;/p-3. The van der Waals surface area contributed by atoms with E-state index in [1.807, 2.05) is 0 Å². The molecule has 0 aliphatic rings. The molecule has 0 spiro atoms. The van der Waals surface area contributed by atoms with E-state index in [1.165, 1.54) is 0 Å². The van der Waals surface area contributed by atoms with Crippen molar-refractivity contribution in [1.82, 2.24) is 0 Å². The van der Waals surface area contributed by atoms with Gasteiger partial charge in [0.2, 0.25) is 0 Å². The Morgan fingerprint density at radius 3 is 0.647 bits per heavy atom. The summed E-state index contributed by atoms with van der Waals surface area (Å²) in [5.41, 5.74) is 0. The van der Waals surface area contributed by atoms with Crippen LogP contribution in [0.25, 0.3) is 0 Å². The van der Waals surface area contributed by atoms with Gasteiger partial charge in [-0.25, -0.2) is 0 Å². The van der Waals surface area contributed by atoms with Gasteiger partial charge in [-0.2, -0.15) is 0 Å². The molecular weight excluding hydrogens is 292 g/mol. The Hall–Kier alpha value is -1.75. The van der Waals surface area contributed by atoms with Crippen LogP contribution in [0.1, 0.15) is 0 Å². The third-order valence-corrected chi connectivity index (χ3v) is 7.11. The van der Waals surface area contributed by atoms with Gasteiger partial charge in [-0.1, -0.05) is 0 Å². The van der Waals surface area contributed by atoms with Gasteiger partial charge >= 0.3 is 111 Å². The summed E-state index contributed by atoms with van der Waals surface area (Å²) in [7, 11) is -12.4. The van der Waals surface area contributed by atoms with Gasteiger partial charge in [-0.15, -0.1) is 0 Å². The second-order valence-corrected chi connectivity index (χ2v) is 13.0. The average Bonchev–Trinajstić information content (AvgIpc) is 2.34. The van der Waals surface area contributed by atoms with E-state index in [4.69, 9.17) is 31.6 Å². The Morgan fingerprint density at radius 1 is 0.529 bits per heavy atom. The fraction of sp³-hybridized carbons (Fsp3) is 0. The van der Waals surface area contributed by atoms with Crippen LogP contribution in [-0.4, -0.2) is 29.6 Å². The van der Waals surface area contributed by atoms with Crippen LogP contribution in [-0.2, 0) is 8.93 Å². The third-order valence-electron chi connectivity index (χ3n) is 1.72. The molecule has 0 amide bonds. The molecule has 0 aromatic carbocycles. The number of hydrogen-bond donors (Lipinski definition) is 0. The van der Waals surface area contributed by atoms with E-state index in [0.717, 1.165) is 0 Å². The molecule has 0 aromatic rings. The van der Waals surface area contributed by atoms with Crippen molar-refractivity contribution in [2.24, 2.45) is 0 Å². The maximum absolute atomic E-state index is 14.3. The Morgan fingerprint density at radius 2 is 0.647 bits per heavy atom. The normalized spacial score (nSPS) is 21.4. The van der Waals surface area contributed by atoms with Gasteiger partial charge in [0.15, 0.2) is 0 Å². The number of hydrogen-bond acceptors (Lipinski definition) is 6. The van der Waals surface area contributed by atoms with Crippen LogP contribution >= 0.6 is 0 Å². The Bertz CT molecular complexity index is 634. The predicted molar refractivity (Wildman–Crippen MR) is 44.2 cm³/mol. The molecule has 0 aliphatic carbocycles. The number of nitriles is 6. The molecule has 0 atom stereocenters. The molecule has 0 saturated heterocycles. The van der Waals surface area contributed by atoms with E-state index in [2.05, 4.69) is 0 Å². The van der Waals surface area contributed by atoms with E-state index in [9.17, 15) is 10.7 Å². The summed E-state index contributed by atoms with van der Waals surface area (Å²) in [4.78, 5) is -4.56. The van der Waals surface area contributed by atoms with Crippen LogP contribution in [0.2, 0.25) is 0 Å². The summed E-state index contributed by atoms with van der Waals surface area (Å²) in [6.45, 7) is 0. The molecule has 0 aliphatic heterocycles. The van der Waals surface area contributed by atoms with Gasteiger partial charge in [0.25, 0.3) is 0 Å². The van der Waals surface area contributed by atoms with Crippen molar-refractivity contribution in [2.45, 2.75) is 0 Å². The molecule has 0 aromatic heterocycles. The van der Waals surface area contributed by atoms with Crippen LogP contribution in [0, 0.1) is 61.4 Å². The number of halogens is 3. The van der Waals surface area contributed by atoms with Crippen molar-refractivity contribution in [2.75, 3.05) is 0 Å². The van der Waals surface area contributed by atoms with Crippen molar-refractivity contribution in [3.63, 3.8) is 0 Å². The molecule has 11 heteroatoms. The van der Waals surface area contributed by atoms with Crippen LogP contribution < -0.4 is 0 Å². The maximum atomic E-state index is 14.3. The van der Waals surface area contributed by atoms with Gasteiger partial charge < -0.3 is 0 Å². The van der Waals surface area contributed by atoms with E-state index in [-0.39, 0.29) is 29.6 Å². The number of rotatable bonds is 0. The van der Waals surface area contributed by atoms with E-state index < -0.39 is 38.7 Å². The van der Waals surface area contributed by atoms with Crippen LogP contribution in [0.15, 0.2) is 0 Å². The molecule has 0 saturated carbocycles. The van der Waals surface area contributed by atoms with Crippen molar-refractivity contribution >= 4 is 29.6 Å². The van der Waals surface area contributed by atoms with E-state index >= 15 is 0 Å². The van der Waals surface area contributed by atoms with Crippen molar-refractivity contribution in [1.29, 1.82) is 31.6 Å². The second kappa shape index (κ2) is 1.54. The molecule has 0 bridgehead atoms. The SMILES string of the molecule is N#[C][Fe]([F])([F])([F])([C]#N)([C]#N)([C]#N)([C]#N)[C]#N.[NaH]. The molecule has 0 N–H and O–H groups in total. The first-order valence-corrected chi connectivity index (χ1v) is 7.37. The second-order valence-electron chi connectivity index (χ2n) is 3.15. The zero-order chi connectivity index (χ0) is 13.6. The zero-order valence-electron chi connectivity index (χ0n) is 7.17. The van der Waals surface area contributed by atoms with Gasteiger partial charge in [0.1, 0.15) is 0 Å². The minimum atomic E-state index is -12.4. The van der Waals surface area contributed by atoms with Crippen molar-refractivity contribution < 1.29 is 19.6 Å². The Balaban J connectivity index is 0.